The van der Waals surface area contributed by atoms with Gasteiger partial charge in [0.25, 0.3) is 5.91 Å². The van der Waals surface area contributed by atoms with E-state index in [2.05, 4.69) is 0 Å². The third-order valence-electron chi connectivity index (χ3n) is 3.15. The highest BCUT2D eigenvalue weighted by atomic mass is 35.5. The summed E-state index contributed by atoms with van der Waals surface area (Å²) in [5, 5.41) is 0.213. The Balaban J connectivity index is 2.47. The van der Waals surface area contributed by atoms with Crippen molar-refractivity contribution in [3.8, 4) is 11.5 Å². The van der Waals surface area contributed by atoms with Gasteiger partial charge in [0, 0.05) is 19.2 Å². The molecule has 0 bridgehead atoms. The molecule has 2 rings (SSSR count). The Morgan fingerprint density at radius 3 is 2.55 bits per heavy atom. The van der Waals surface area contributed by atoms with Crippen LogP contribution in [0.2, 0.25) is 5.02 Å². The summed E-state index contributed by atoms with van der Waals surface area (Å²) in [6.45, 7) is 2.07. The van der Waals surface area contributed by atoms with Crippen molar-refractivity contribution in [3.63, 3.8) is 0 Å². The number of nitrogen functional groups attached to an aromatic ring is 1. The second kappa shape index (κ2) is 6.19. The Hall–Kier alpha value is -1.66. The molecule has 1 fully saturated rings. The van der Waals surface area contributed by atoms with Crippen LogP contribution in [0.25, 0.3) is 0 Å². The molecule has 20 heavy (non-hydrogen) atoms. The number of anilines is 1. The van der Waals surface area contributed by atoms with Crippen LogP contribution in [0.15, 0.2) is 6.07 Å². The summed E-state index contributed by atoms with van der Waals surface area (Å²) in [7, 11) is 2.91. The van der Waals surface area contributed by atoms with Crippen LogP contribution in [-0.2, 0) is 4.74 Å². The van der Waals surface area contributed by atoms with Crippen molar-refractivity contribution < 1.29 is 19.0 Å². The summed E-state index contributed by atoms with van der Waals surface area (Å²) in [4.78, 5) is 14.3. The molecule has 7 heteroatoms. The van der Waals surface area contributed by atoms with Gasteiger partial charge in [0.2, 0.25) is 0 Å². The van der Waals surface area contributed by atoms with Gasteiger partial charge in [-0.3, -0.25) is 4.79 Å². The maximum absolute atomic E-state index is 12.6. The van der Waals surface area contributed by atoms with Gasteiger partial charge < -0.3 is 24.8 Å². The molecule has 1 heterocycles. The fourth-order valence-electron chi connectivity index (χ4n) is 2.11. The highest BCUT2D eigenvalue weighted by molar-refractivity contribution is 6.35. The van der Waals surface area contributed by atoms with Crippen molar-refractivity contribution in [3.05, 3.63) is 16.7 Å². The van der Waals surface area contributed by atoms with Gasteiger partial charge in [0.1, 0.15) is 16.3 Å². The van der Waals surface area contributed by atoms with E-state index in [-0.39, 0.29) is 22.2 Å². The number of benzene rings is 1. The van der Waals surface area contributed by atoms with E-state index in [1.165, 1.54) is 20.3 Å². The number of halogens is 1. The summed E-state index contributed by atoms with van der Waals surface area (Å²) in [6.07, 6.45) is 0. The number of methoxy groups -OCH3 is 2. The molecule has 110 valence electrons. The van der Waals surface area contributed by atoms with Crippen LogP contribution in [0, 0.1) is 0 Å². The van der Waals surface area contributed by atoms with Gasteiger partial charge in [-0.1, -0.05) is 11.6 Å². The maximum atomic E-state index is 12.6. The van der Waals surface area contributed by atoms with Gasteiger partial charge in [-0.15, -0.1) is 0 Å². The molecule has 0 spiro atoms. The zero-order chi connectivity index (χ0) is 14.7. The minimum atomic E-state index is -0.205. The molecule has 1 aromatic rings. The largest absolute Gasteiger partial charge is 0.496 e. The second-order valence-electron chi connectivity index (χ2n) is 4.29. The van der Waals surface area contributed by atoms with Crippen molar-refractivity contribution in [2.45, 2.75) is 0 Å². The third-order valence-corrected chi connectivity index (χ3v) is 3.54. The predicted molar refractivity (Wildman–Crippen MR) is 75.7 cm³/mol. The van der Waals surface area contributed by atoms with Crippen LogP contribution < -0.4 is 15.2 Å². The molecule has 2 N–H and O–H groups in total. The van der Waals surface area contributed by atoms with Crippen LogP contribution in [0.4, 0.5) is 5.69 Å². The van der Waals surface area contributed by atoms with Gasteiger partial charge in [-0.25, -0.2) is 0 Å². The molecular formula is C13H17ClN2O4. The van der Waals surface area contributed by atoms with Crippen molar-refractivity contribution >= 4 is 23.2 Å². The van der Waals surface area contributed by atoms with E-state index in [9.17, 15) is 4.79 Å². The topological polar surface area (TPSA) is 74.0 Å². The van der Waals surface area contributed by atoms with E-state index in [0.29, 0.717) is 37.7 Å². The van der Waals surface area contributed by atoms with Gasteiger partial charge >= 0.3 is 0 Å². The van der Waals surface area contributed by atoms with Gasteiger partial charge in [-0.2, -0.15) is 0 Å². The Morgan fingerprint density at radius 1 is 1.35 bits per heavy atom. The van der Waals surface area contributed by atoms with Crippen LogP contribution >= 0.6 is 11.6 Å². The first-order valence-corrected chi connectivity index (χ1v) is 6.55. The summed E-state index contributed by atoms with van der Waals surface area (Å²) in [6, 6.07) is 1.53. The summed E-state index contributed by atoms with van der Waals surface area (Å²) < 4.78 is 15.7. The number of nitrogens with two attached hydrogens (primary N) is 1. The fraction of sp³-hybridized carbons (Fsp3) is 0.462. The summed E-state index contributed by atoms with van der Waals surface area (Å²) in [5.74, 6) is 0.379. The van der Waals surface area contributed by atoms with Gasteiger partial charge in [0.15, 0.2) is 5.75 Å². The van der Waals surface area contributed by atoms with Crippen LogP contribution in [-0.4, -0.2) is 51.3 Å². The highest BCUT2D eigenvalue weighted by Gasteiger charge is 2.28. The van der Waals surface area contributed by atoms with Gasteiger partial charge in [0.05, 0.1) is 33.1 Å². The summed E-state index contributed by atoms with van der Waals surface area (Å²) >= 11 is 6.11. The van der Waals surface area contributed by atoms with E-state index < -0.39 is 0 Å². The first-order valence-electron chi connectivity index (χ1n) is 6.17. The minimum absolute atomic E-state index is 0.205. The Labute approximate surface area is 122 Å². The molecule has 1 aliphatic heterocycles. The molecule has 0 aliphatic carbocycles. The second-order valence-corrected chi connectivity index (χ2v) is 4.67. The van der Waals surface area contributed by atoms with Crippen LogP contribution in [0.5, 0.6) is 11.5 Å². The lowest BCUT2D eigenvalue weighted by Gasteiger charge is -2.28. The van der Waals surface area contributed by atoms with E-state index >= 15 is 0 Å². The lowest BCUT2D eigenvalue weighted by molar-refractivity contribution is 0.0299. The zero-order valence-corrected chi connectivity index (χ0v) is 12.2. The number of ether oxygens (including phenoxy) is 3. The lowest BCUT2D eigenvalue weighted by atomic mass is 10.1. The third kappa shape index (κ3) is 2.62. The number of carbonyl (C=O) groups excluding carboxylic acids is 1. The molecule has 0 unspecified atom stereocenters. The number of nitrogens with zero attached hydrogens (tertiary/aromatic N) is 1. The molecular weight excluding hydrogens is 284 g/mol. The molecule has 1 saturated heterocycles. The van der Waals surface area contributed by atoms with Crippen molar-refractivity contribution in [1.82, 2.24) is 4.90 Å². The number of hydrogen-bond donors (Lipinski definition) is 1. The number of amides is 1. The monoisotopic (exact) mass is 300 g/mol. The van der Waals surface area contributed by atoms with E-state index in [0.717, 1.165) is 0 Å². The maximum Gasteiger partial charge on any atom is 0.261 e. The molecule has 0 aromatic heterocycles. The van der Waals surface area contributed by atoms with E-state index in [1.807, 2.05) is 0 Å². The average molecular weight is 301 g/mol. The highest BCUT2D eigenvalue weighted by Crippen LogP contribution is 2.40. The minimum Gasteiger partial charge on any atom is -0.496 e. The molecule has 6 nitrogen and oxygen atoms in total. The Bertz CT molecular complexity index is 516. The summed E-state index contributed by atoms with van der Waals surface area (Å²) in [5.41, 5.74) is 6.38. The van der Waals surface area contributed by atoms with Crippen LogP contribution in [0.1, 0.15) is 10.4 Å². The molecule has 1 amide bonds. The molecule has 1 aromatic carbocycles. The Kier molecular flexibility index (Phi) is 4.57. The smallest absolute Gasteiger partial charge is 0.261 e. The molecule has 0 atom stereocenters. The number of rotatable bonds is 3. The first-order chi connectivity index (χ1) is 9.60. The fourth-order valence-corrected chi connectivity index (χ4v) is 2.34. The van der Waals surface area contributed by atoms with Crippen molar-refractivity contribution in [2.24, 2.45) is 0 Å². The van der Waals surface area contributed by atoms with Crippen molar-refractivity contribution in [1.29, 1.82) is 0 Å². The normalized spacial score (nSPS) is 15.1. The van der Waals surface area contributed by atoms with E-state index in [1.54, 1.807) is 4.90 Å². The number of hydrogen-bond acceptors (Lipinski definition) is 5. The van der Waals surface area contributed by atoms with Crippen molar-refractivity contribution in [2.75, 3.05) is 46.3 Å². The quantitative estimate of drug-likeness (QED) is 0.854. The van der Waals surface area contributed by atoms with Crippen LogP contribution in [0.3, 0.4) is 0 Å². The number of carbonyl (C=O) groups is 1. The molecule has 0 radical (unpaired) electrons. The number of morpholine rings is 1. The standard InChI is InChI=1S/C13H17ClN2O4/c1-18-9-7-8(15)11(14)12(19-2)10(9)13(17)16-3-5-20-6-4-16/h7H,3-6,15H2,1-2H3. The van der Waals surface area contributed by atoms with E-state index in [4.69, 9.17) is 31.5 Å². The zero-order valence-electron chi connectivity index (χ0n) is 11.4. The first kappa shape index (κ1) is 14.7. The predicted octanol–water partition coefficient (Wildman–Crippen LogP) is 1.41. The van der Waals surface area contributed by atoms with Gasteiger partial charge in [-0.05, 0) is 0 Å². The molecule has 0 saturated carbocycles. The lowest BCUT2D eigenvalue weighted by Crippen LogP contribution is -2.41. The Morgan fingerprint density at radius 2 is 2.00 bits per heavy atom. The average Bonchev–Trinajstić information content (AvgIpc) is 2.49. The molecule has 1 aliphatic rings. The SMILES string of the molecule is COc1cc(N)c(Cl)c(OC)c1C(=O)N1CCOCC1.